The minimum atomic E-state index is -4.36. The lowest BCUT2D eigenvalue weighted by atomic mass is 10.1. The van der Waals surface area contributed by atoms with Crippen LogP contribution in [-0.2, 0) is 12.7 Å². The highest BCUT2D eigenvalue weighted by Crippen LogP contribution is 2.31. The van der Waals surface area contributed by atoms with Crippen LogP contribution < -0.4 is 5.32 Å². The van der Waals surface area contributed by atoms with Crippen molar-refractivity contribution >= 4 is 23.0 Å². The molecule has 1 aliphatic heterocycles. The van der Waals surface area contributed by atoms with Gasteiger partial charge in [0.1, 0.15) is 0 Å². The number of fused-ring (bicyclic) bond motifs is 1. The van der Waals surface area contributed by atoms with E-state index in [0.717, 1.165) is 24.4 Å². The molecule has 1 aliphatic rings. The molecule has 0 aliphatic carbocycles. The molecule has 7 heteroatoms. The number of thiocarbonyl (C=S) groups is 1. The van der Waals surface area contributed by atoms with E-state index in [0.29, 0.717) is 17.3 Å². The number of benzene rings is 1. The average Bonchev–Trinajstić information content (AvgIpc) is 2.96. The molecule has 0 saturated carbocycles. The van der Waals surface area contributed by atoms with Gasteiger partial charge in [0.25, 0.3) is 0 Å². The monoisotopic (exact) mass is 339 g/mol. The van der Waals surface area contributed by atoms with Gasteiger partial charge in [-0.05, 0) is 49.5 Å². The van der Waals surface area contributed by atoms with Gasteiger partial charge in [-0.3, -0.25) is 0 Å². The van der Waals surface area contributed by atoms with E-state index in [-0.39, 0.29) is 6.04 Å². The third-order valence-corrected chi connectivity index (χ3v) is 4.38. The van der Waals surface area contributed by atoms with Crippen molar-refractivity contribution in [2.75, 3.05) is 11.9 Å². The standard InChI is InChI=1S/C16H16F3N3S/c1-11-14-6-3-7-21(14)8-9-22(11)15(23)20-13-5-2-4-12(10-13)16(17,18)19/h2-7,10-11H,8-9H2,1H3,(H,20,23). The molecule has 0 amide bonds. The zero-order valence-electron chi connectivity index (χ0n) is 12.5. The van der Waals surface area contributed by atoms with Gasteiger partial charge >= 0.3 is 6.18 Å². The van der Waals surface area contributed by atoms with Crippen molar-refractivity contribution in [1.82, 2.24) is 9.47 Å². The highest BCUT2D eigenvalue weighted by Gasteiger charge is 2.31. The van der Waals surface area contributed by atoms with Crippen LogP contribution in [0.5, 0.6) is 0 Å². The van der Waals surface area contributed by atoms with E-state index in [1.165, 1.54) is 6.07 Å². The Hall–Kier alpha value is -2.02. The first-order valence-corrected chi connectivity index (χ1v) is 7.67. The maximum Gasteiger partial charge on any atom is 0.416 e. The number of hydrogen-bond acceptors (Lipinski definition) is 1. The summed E-state index contributed by atoms with van der Waals surface area (Å²) in [6.07, 6.45) is -2.34. The van der Waals surface area contributed by atoms with Crippen molar-refractivity contribution in [2.45, 2.75) is 25.7 Å². The maximum atomic E-state index is 12.8. The molecule has 23 heavy (non-hydrogen) atoms. The quantitative estimate of drug-likeness (QED) is 0.783. The first-order chi connectivity index (χ1) is 10.9. The Labute approximate surface area is 137 Å². The first-order valence-electron chi connectivity index (χ1n) is 7.26. The number of nitrogens with one attached hydrogen (secondary N) is 1. The number of alkyl halides is 3. The largest absolute Gasteiger partial charge is 0.416 e. The summed E-state index contributed by atoms with van der Waals surface area (Å²) in [5.74, 6) is 0. The van der Waals surface area contributed by atoms with Gasteiger partial charge in [-0.15, -0.1) is 0 Å². The molecule has 1 N–H and O–H groups in total. The second-order valence-corrected chi connectivity index (χ2v) is 5.89. The van der Waals surface area contributed by atoms with Gasteiger partial charge in [0.15, 0.2) is 5.11 Å². The SMILES string of the molecule is CC1c2cccn2CCN1C(=S)Nc1cccc(C(F)(F)F)c1. The molecule has 3 rings (SSSR count). The predicted octanol–water partition coefficient (Wildman–Crippen LogP) is 4.28. The van der Waals surface area contributed by atoms with Crippen LogP contribution in [0.2, 0.25) is 0 Å². The van der Waals surface area contributed by atoms with Crippen molar-refractivity contribution < 1.29 is 13.2 Å². The maximum absolute atomic E-state index is 12.8. The van der Waals surface area contributed by atoms with Gasteiger partial charge in [0.2, 0.25) is 0 Å². The predicted molar refractivity (Wildman–Crippen MR) is 87.2 cm³/mol. The molecule has 0 spiro atoms. The van der Waals surface area contributed by atoms with Crippen molar-refractivity contribution in [2.24, 2.45) is 0 Å². The summed E-state index contributed by atoms with van der Waals surface area (Å²) in [6.45, 7) is 3.55. The molecule has 1 unspecified atom stereocenters. The van der Waals surface area contributed by atoms with Crippen LogP contribution in [0, 0.1) is 0 Å². The van der Waals surface area contributed by atoms with Crippen molar-refractivity contribution in [3.63, 3.8) is 0 Å². The van der Waals surface area contributed by atoms with E-state index in [2.05, 4.69) is 9.88 Å². The Kier molecular flexibility index (Phi) is 4.06. The van der Waals surface area contributed by atoms with E-state index in [4.69, 9.17) is 12.2 Å². The first kappa shape index (κ1) is 15.9. The van der Waals surface area contributed by atoms with E-state index < -0.39 is 11.7 Å². The molecule has 0 bridgehead atoms. The highest BCUT2D eigenvalue weighted by atomic mass is 32.1. The summed E-state index contributed by atoms with van der Waals surface area (Å²) in [4.78, 5) is 1.99. The van der Waals surface area contributed by atoms with Gasteiger partial charge in [-0.2, -0.15) is 13.2 Å². The molecule has 3 nitrogen and oxygen atoms in total. The summed E-state index contributed by atoms with van der Waals surface area (Å²) >= 11 is 5.40. The summed E-state index contributed by atoms with van der Waals surface area (Å²) in [5.41, 5.74) is 0.799. The lowest BCUT2D eigenvalue weighted by molar-refractivity contribution is -0.137. The van der Waals surface area contributed by atoms with Crippen LogP contribution in [-0.4, -0.2) is 21.1 Å². The zero-order valence-corrected chi connectivity index (χ0v) is 13.3. The lowest BCUT2D eigenvalue weighted by Crippen LogP contribution is -2.42. The minimum absolute atomic E-state index is 0.0737. The van der Waals surface area contributed by atoms with Crippen molar-refractivity contribution in [3.05, 3.63) is 53.9 Å². The molecular weight excluding hydrogens is 323 g/mol. The second-order valence-electron chi connectivity index (χ2n) is 5.50. The third kappa shape index (κ3) is 3.19. The number of rotatable bonds is 1. The third-order valence-electron chi connectivity index (χ3n) is 4.04. The number of anilines is 1. The van der Waals surface area contributed by atoms with Crippen LogP contribution >= 0.6 is 12.2 Å². The Balaban J connectivity index is 1.75. The van der Waals surface area contributed by atoms with Crippen molar-refractivity contribution in [1.29, 1.82) is 0 Å². The minimum Gasteiger partial charge on any atom is -0.348 e. The van der Waals surface area contributed by atoms with Gasteiger partial charge < -0.3 is 14.8 Å². The molecule has 2 aromatic rings. The van der Waals surface area contributed by atoms with Crippen LogP contribution in [0.15, 0.2) is 42.6 Å². The molecule has 1 aromatic heterocycles. The van der Waals surface area contributed by atoms with E-state index in [1.54, 1.807) is 6.07 Å². The molecule has 0 radical (unpaired) electrons. The molecule has 1 aromatic carbocycles. The molecule has 122 valence electrons. The van der Waals surface area contributed by atoms with Crippen LogP contribution in [0.3, 0.4) is 0 Å². The zero-order chi connectivity index (χ0) is 16.6. The summed E-state index contributed by atoms with van der Waals surface area (Å²) in [5, 5.41) is 3.36. The van der Waals surface area contributed by atoms with Crippen LogP contribution in [0.4, 0.5) is 18.9 Å². The molecule has 1 atom stereocenters. The fourth-order valence-electron chi connectivity index (χ4n) is 2.82. The molecule has 0 fully saturated rings. The van der Waals surface area contributed by atoms with Crippen molar-refractivity contribution in [3.8, 4) is 0 Å². The van der Waals surface area contributed by atoms with Gasteiger partial charge in [-0.25, -0.2) is 0 Å². The summed E-state index contributed by atoms with van der Waals surface area (Å²) in [7, 11) is 0. The Morgan fingerprint density at radius 1 is 1.22 bits per heavy atom. The normalized spacial score (nSPS) is 17.7. The molecule has 2 heterocycles. The fourth-order valence-corrected chi connectivity index (χ4v) is 3.19. The average molecular weight is 339 g/mol. The van der Waals surface area contributed by atoms with Gasteiger partial charge in [0.05, 0.1) is 11.6 Å². The number of aromatic nitrogens is 1. The smallest absolute Gasteiger partial charge is 0.348 e. The van der Waals surface area contributed by atoms with Gasteiger partial charge in [-0.1, -0.05) is 6.07 Å². The van der Waals surface area contributed by atoms with Crippen LogP contribution in [0.1, 0.15) is 24.2 Å². The number of hydrogen-bond donors (Lipinski definition) is 1. The second kappa shape index (κ2) is 5.88. The Bertz CT molecular complexity index is 723. The van der Waals surface area contributed by atoms with Gasteiger partial charge in [0, 0.05) is 30.7 Å². The Morgan fingerprint density at radius 3 is 2.74 bits per heavy atom. The summed E-state index contributed by atoms with van der Waals surface area (Å²) < 4.78 is 40.5. The highest BCUT2D eigenvalue weighted by molar-refractivity contribution is 7.80. The number of nitrogens with zero attached hydrogens (tertiary/aromatic N) is 2. The fraction of sp³-hybridized carbons (Fsp3) is 0.312. The van der Waals surface area contributed by atoms with E-state index in [1.807, 2.05) is 30.2 Å². The summed E-state index contributed by atoms with van der Waals surface area (Å²) in [6, 6.07) is 9.16. The lowest BCUT2D eigenvalue weighted by Gasteiger charge is -2.36. The van der Waals surface area contributed by atoms with E-state index in [9.17, 15) is 13.2 Å². The van der Waals surface area contributed by atoms with Crippen LogP contribution in [0.25, 0.3) is 0 Å². The molecular formula is C16H16F3N3S. The van der Waals surface area contributed by atoms with E-state index >= 15 is 0 Å². The number of halogens is 3. The molecule has 0 saturated heterocycles. The Morgan fingerprint density at radius 2 is 2.00 bits per heavy atom. The topological polar surface area (TPSA) is 20.2 Å².